The predicted octanol–water partition coefficient (Wildman–Crippen LogP) is 6.87. The van der Waals surface area contributed by atoms with Gasteiger partial charge >= 0.3 is 0 Å². The number of allylic oxidation sites excluding steroid dienone is 1. The van der Waals surface area contributed by atoms with Gasteiger partial charge in [-0.05, 0) is 60.5 Å². The van der Waals surface area contributed by atoms with E-state index >= 15 is 0 Å². The summed E-state index contributed by atoms with van der Waals surface area (Å²) in [6.45, 7) is 4.30. The van der Waals surface area contributed by atoms with Crippen molar-refractivity contribution in [3.63, 3.8) is 0 Å². The van der Waals surface area contributed by atoms with Crippen LogP contribution in [0.4, 0.5) is 0 Å². The summed E-state index contributed by atoms with van der Waals surface area (Å²) >= 11 is 7.23. The second-order valence-corrected chi connectivity index (χ2v) is 8.56. The van der Waals surface area contributed by atoms with Gasteiger partial charge in [-0.1, -0.05) is 62.2 Å². The Labute approximate surface area is 170 Å². The quantitative estimate of drug-likeness (QED) is 0.409. The van der Waals surface area contributed by atoms with Crippen LogP contribution in [0, 0.1) is 13.8 Å². The molecular formula is C22H18Br2N2. The van der Waals surface area contributed by atoms with Crippen LogP contribution in [0.25, 0.3) is 28.7 Å². The molecule has 0 atom stereocenters. The zero-order chi connectivity index (χ0) is 18.3. The van der Waals surface area contributed by atoms with E-state index in [2.05, 4.69) is 82.1 Å². The molecule has 0 bridgehead atoms. The van der Waals surface area contributed by atoms with E-state index in [4.69, 9.17) is 9.97 Å². The molecule has 130 valence electrons. The maximum absolute atomic E-state index is 5.03. The lowest BCUT2D eigenvalue weighted by molar-refractivity contribution is 0.908. The summed E-state index contributed by atoms with van der Waals surface area (Å²) in [5.41, 5.74) is 8.00. The maximum Gasteiger partial charge on any atom is 0.160 e. The smallest absolute Gasteiger partial charge is 0.160 e. The van der Waals surface area contributed by atoms with Gasteiger partial charge in [-0.2, -0.15) is 0 Å². The molecule has 0 fully saturated rings. The standard InChI is InChI=1S/C22H18Br2N2/c1-13-5-3-6-14(2)20(13)21-18-12-17(24)9-10-19(18)25-22(26-21)15-7-4-8-16(23)11-15/h3-8,11-12H,9-10H2,1-2H3. The van der Waals surface area contributed by atoms with Gasteiger partial charge in [0.15, 0.2) is 5.82 Å². The number of fused-ring (bicyclic) bond motifs is 1. The molecule has 0 radical (unpaired) electrons. The van der Waals surface area contributed by atoms with Crippen molar-refractivity contribution in [3.8, 4) is 22.6 Å². The number of halogens is 2. The van der Waals surface area contributed by atoms with E-state index < -0.39 is 0 Å². The number of rotatable bonds is 2. The molecule has 26 heavy (non-hydrogen) atoms. The van der Waals surface area contributed by atoms with Crippen LogP contribution < -0.4 is 0 Å². The summed E-state index contributed by atoms with van der Waals surface area (Å²) in [6.07, 6.45) is 4.09. The van der Waals surface area contributed by atoms with Crippen LogP contribution in [0.5, 0.6) is 0 Å². The minimum atomic E-state index is 0.786. The Kier molecular flexibility index (Phi) is 4.80. The second kappa shape index (κ2) is 7.09. The molecular weight excluding hydrogens is 452 g/mol. The molecule has 0 saturated heterocycles. The highest BCUT2D eigenvalue weighted by Crippen LogP contribution is 2.37. The molecule has 1 aromatic heterocycles. The molecule has 0 unspecified atom stereocenters. The Hall–Kier alpha value is -1.78. The fraction of sp³-hybridized carbons (Fsp3) is 0.182. The van der Waals surface area contributed by atoms with Crippen LogP contribution in [0.2, 0.25) is 0 Å². The monoisotopic (exact) mass is 468 g/mol. The average molecular weight is 470 g/mol. The highest BCUT2D eigenvalue weighted by atomic mass is 79.9. The van der Waals surface area contributed by atoms with Crippen LogP contribution in [0.3, 0.4) is 0 Å². The highest BCUT2D eigenvalue weighted by molar-refractivity contribution is 9.11. The van der Waals surface area contributed by atoms with Crippen molar-refractivity contribution in [1.82, 2.24) is 9.97 Å². The lowest BCUT2D eigenvalue weighted by Gasteiger charge is -2.19. The minimum absolute atomic E-state index is 0.786. The molecule has 1 aliphatic rings. The lowest BCUT2D eigenvalue weighted by atomic mass is 9.92. The van der Waals surface area contributed by atoms with Crippen molar-refractivity contribution < 1.29 is 0 Å². The third-order valence-corrected chi connectivity index (χ3v) is 5.85. The predicted molar refractivity (Wildman–Crippen MR) is 115 cm³/mol. The van der Waals surface area contributed by atoms with E-state index in [9.17, 15) is 0 Å². The molecule has 0 aliphatic heterocycles. The molecule has 2 aromatic carbocycles. The molecule has 0 spiro atoms. The summed E-state index contributed by atoms with van der Waals surface area (Å²) in [6, 6.07) is 14.6. The van der Waals surface area contributed by atoms with E-state index in [0.29, 0.717) is 0 Å². The number of aromatic nitrogens is 2. The van der Waals surface area contributed by atoms with Crippen molar-refractivity contribution in [1.29, 1.82) is 0 Å². The summed E-state index contributed by atoms with van der Waals surface area (Å²) in [5, 5.41) is 0. The van der Waals surface area contributed by atoms with E-state index in [1.165, 1.54) is 21.2 Å². The largest absolute Gasteiger partial charge is 0.232 e. The third kappa shape index (κ3) is 3.28. The Morgan fingerprint density at radius 1 is 0.885 bits per heavy atom. The summed E-state index contributed by atoms with van der Waals surface area (Å²) in [4.78, 5) is 9.93. The molecule has 1 heterocycles. The Bertz CT molecular complexity index is 1020. The van der Waals surface area contributed by atoms with Crippen LogP contribution in [-0.4, -0.2) is 9.97 Å². The third-order valence-electron chi connectivity index (χ3n) is 4.73. The Morgan fingerprint density at radius 2 is 1.62 bits per heavy atom. The minimum Gasteiger partial charge on any atom is -0.232 e. The van der Waals surface area contributed by atoms with Crippen LogP contribution in [-0.2, 0) is 6.42 Å². The molecule has 4 rings (SSSR count). The van der Waals surface area contributed by atoms with Gasteiger partial charge in [0.1, 0.15) is 0 Å². The molecule has 1 aliphatic carbocycles. The van der Waals surface area contributed by atoms with E-state index in [-0.39, 0.29) is 0 Å². The molecule has 3 aromatic rings. The van der Waals surface area contributed by atoms with Crippen molar-refractivity contribution in [2.45, 2.75) is 26.7 Å². The zero-order valence-electron chi connectivity index (χ0n) is 14.7. The van der Waals surface area contributed by atoms with Crippen LogP contribution in [0.15, 0.2) is 51.4 Å². The lowest BCUT2D eigenvalue weighted by Crippen LogP contribution is -2.07. The fourth-order valence-electron chi connectivity index (χ4n) is 3.46. The van der Waals surface area contributed by atoms with E-state index in [1.54, 1.807) is 0 Å². The summed E-state index contributed by atoms with van der Waals surface area (Å²) in [7, 11) is 0. The first kappa shape index (κ1) is 17.6. The first-order valence-electron chi connectivity index (χ1n) is 8.62. The number of nitrogens with zero attached hydrogens (tertiary/aromatic N) is 2. The van der Waals surface area contributed by atoms with Crippen LogP contribution in [0.1, 0.15) is 28.8 Å². The molecule has 0 saturated carbocycles. The Morgan fingerprint density at radius 3 is 2.35 bits per heavy atom. The molecule has 2 nitrogen and oxygen atoms in total. The second-order valence-electron chi connectivity index (χ2n) is 6.62. The molecule has 0 amide bonds. The Balaban J connectivity index is 2.02. The van der Waals surface area contributed by atoms with E-state index in [1.807, 2.05) is 12.1 Å². The van der Waals surface area contributed by atoms with Crippen molar-refractivity contribution in [3.05, 3.63) is 73.8 Å². The maximum atomic E-state index is 5.03. The number of benzene rings is 2. The van der Waals surface area contributed by atoms with Crippen molar-refractivity contribution in [2.24, 2.45) is 0 Å². The van der Waals surface area contributed by atoms with Crippen molar-refractivity contribution in [2.75, 3.05) is 0 Å². The summed E-state index contributed by atoms with van der Waals surface area (Å²) in [5.74, 6) is 0.786. The zero-order valence-corrected chi connectivity index (χ0v) is 17.9. The SMILES string of the molecule is Cc1cccc(C)c1-c1nc(-c2cccc(Br)c2)nc2c1C=C(Br)CC2. The molecule has 0 N–H and O–H groups in total. The van der Waals surface area contributed by atoms with Gasteiger partial charge in [-0.15, -0.1) is 0 Å². The van der Waals surface area contributed by atoms with Crippen LogP contribution >= 0.6 is 31.9 Å². The van der Waals surface area contributed by atoms with Gasteiger partial charge in [0.05, 0.1) is 11.4 Å². The van der Waals surface area contributed by atoms with Gasteiger partial charge in [-0.3, -0.25) is 0 Å². The fourth-order valence-corrected chi connectivity index (χ4v) is 4.29. The van der Waals surface area contributed by atoms with Gasteiger partial charge in [-0.25, -0.2) is 9.97 Å². The number of aryl methyl sites for hydroxylation is 3. The summed E-state index contributed by atoms with van der Waals surface area (Å²) < 4.78 is 2.24. The number of hydrogen-bond acceptors (Lipinski definition) is 2. The van der Waals surface area contributed by atoms with Gasteiger partial charge < -0.3 is 0 Å². The van der Waals surface area contributed by atoms with Gasteiger partial charge in [0.2, 0.25) is 0 Å². The molecule has 4 heteroatoms. The van der Waals surface area contributed by atoms with E-state index in [0.717, 1.165) is 45.7 Å². The highest BCUT2D eigenvalue weighted by Gasteiger charge is 2.21. The first-order chi connectivity index (χ1) is 12.5. The van der Waals surface area contributed by atoms with Gasteiger partial charge in [0.25, 0.3) is 0 Å². The average Bonchev–Trinajstić information content (AvgIpc) is 2.61. The van der Waals surface area contributed by atoms with Gasteiger partial charge in [0, 0.05) is 21.2 Å². The normalized spacial score (nSPS) is 13.3. The first-order valence-corrected chi connectivity index (χ1v) is 10.2. The number of hydrogen-bond donors (Lipinski definition) is 0. The van der Waals surface area contributed by atoms with Crippen molar-refractivity contribution >= 4 is 37.9 Å². The topological polar surface area (TPSA) is 25.8 Å².